The Bertz CT molecular complexity index is 1170. The Labute approximate surface area is 157 Å². The predicted octanol–water partition coefficient (Wildman–Crippen LogP) is 7.00. The topological polar surface area (TPSA) is 26.3 Å². The van der Waals surface area contributed by atoms with E-state index in [-0.39, 0.29) is 0 Å². The molecule has 0 saturated heterocycles. The highest BCUT2D eigenvalue weighted by atomic mass is 16.3. The van der Waals surface area contributed by atoms with Gasteiger partial charge in [0.15, 0.2) is 0 Å². The van der Waals surface area contributed by atoms with Crippen LogP contribution in [0.5, 0.6) is 0 Å². The second-order valence-corrected chi connectivity index (χ2v) is 7.22. The van der Waals surface area contributed by atoms with E-state index in [1.165, 1.54) is 21.9 Å². The van der Waals surface area contributed by atoms with Crippen molar-refractivity contribution in [3.05, 3.63) is 83.9 Å². The molecule has 130 valence electrons. The van der Waals surface area contributed by atoms with Crippen LogP contribution < -0.4 is 0 Å². The molecular formula is C25H18O2. The molecule has 2 heteroatoms. The van der Waals surface area contributed by atoms with Crippen LogP contribution in [0.3, 0.4) is 0 Å². The van der Waals surface area contributed by atoms with Gasteiger partial charge in [0.05, 0.1) is 0 Å². The van der Waals surface area contributed by atoms with Crippen LogP contribution in [-0.2, 0) is 12.8 Å². The maximum atomic E-state index is 6.35. The molecule has 27 heavy (non-hydrogen) atoms. The third-order valence-electron chi connectivity index (χ3n) is 5.63. The normalized spacial score (nSPS) is 13.5. The zero-order chi connectivity index (χ0) is 17.8. The second kappa shape index (κ2) is 5.62. The van der Waals surface area contributed by atoms with Crippen molar-refractivity contribution < 1.29 is 8.83 Å². The SMILES string of the molecule is c1ccc(-c2oc3ccc4oc(-c5ccccc5)c5c4c3c2CCC5)cc1. The molecule has 2 aromatic heterocycles. The Hall–Kier alpha value is -3.26. The van der Waals surface area contributed by atoms with Gasteiger partial charge in [-0.1, -0.05) is 60.7 Å². The van der Waals surface area contributed by atoms with Gasteiger partial charge in [0.2, 0.25) is 0 Å². The summed E-state index contributed by atoms with van der Waals surface area (Å²) in [6.07, 6.45) is 3.15. The van der Waals surface area contributed by atoms with E-state index in [4.69, 9.17) is 8.83 Å². The predicted molar refractivity (Wildman–Crippen MR) is 109 cm³/mol. The second-order valence-electron chi connectivity index (χ2n) is 7.22. The number of furan rings is 2. The lowest BCUT2D eigenvalue weighted by molar-refractivity contribution is 0.624. The van der Waals surface area contributed by atoms with Gasteiger partial charge in [-0.25, -0.2) is 0 Å². The van der Waals surface area contributed by atoms with Gasteiger partial charge < -0.3 is 8.83 Å². The maximum absolute atomic E-state index is 6.35. The van der Waals surface area contributed by atoms with Crippen LogP contribution in [0.4, 0.5) is 0 Å². The van der Waals surface area contributed by atoms with Gasteiger partial charge in [0.25, 0.3) is 0 Å². The summed E-state index contributed by atoms with van der Waals surface area (Å²) in [6, 6.07) is 25.0. The minimum atomic E-state index is 0.958. The van der Waals surface area contributed by atoms with E-state index in [9.17, 15) is 0 Å². The fourth-order valence-electron chi connectivity index (χ4n) is 4.47. The van der Waals surface area contributed by atoms with Gasteiger partial charge in [-0.2, -0.15) is 0 Å². The molecule has 0 atom stereocenters. The number of rotatable bonds is 2. The highest BCUT2D eigenvalue weighted by Crippen LogP contribution is 2.45. The van der Waals surface area contributed by atoms with Gasteiger partial charge in [-0.3, -0.25) is 0 Å². The fourth-order valence-corrected chi connectivity index (χ4v) is 4.47. The molecule has 0 spiro atoms. The lowest BCUT2D eigenvalue weighted by Crippen LogP contribution is -1.89. The van der Waals surface area contributed by atoms with Crippen molar-refractivity contribution in [2.75, 3.05) is 0 Å². The molecule has 0 N–H and O–H groups in total. The van der Waals surface area contributed by atoms with Crippen molar-refractivity contribution in [1.82, 2.24) is 0 Å². The molecule has 0 radical (unpaired) electrons. The molecule has 6 rings (SSSR count). The standard InChI is InChI=1S/C25H18O2/c1-3-8-16(9-4-1)24-18-12-7-13-19-23-21(15-14-20(26-24)22(18)23)27-25(19)17-10-5-2-6-11-17/h1-6,8-11,14-15H,7,12-13H2. The number of hydrogen-bond acceptors (Lipinski definition) is 2. The van der Waals surface area contributed by atoms with E-state index in [1.54, 1.807) is 0 Å². The molecule has 5 aromatic rings. The zero-order valence-corrected chi connectivity index (χ0v) is 14.9. The molecule has 0 bridgehead atoms. The average Bonchev–Trinajstić information content (AvgIpc) is 3.21. The molecule has 2 heterocycles. The molecular weight excluding hydrogens is 332 g/mol. The Balaban J connectivity index is 1.71. The smallest absolute Gasteiger partial charge is 0.138 e. The molecule has 0 amide bonds. The Morgan fingerprint density at radius 1 is 0.519 bits per heavy atom. The first-order chi connectivity index (χ1) is 13.4. The van der Waals surface area contributed by atoms with E-state index in [0.29, 0.717) is 0 Å². The largest absolute Gasteiger partial charge is 0.456 e. The molecule has 0 saturated carbocycles. The monoisotopic (exact) mass is 350 g/mol. The summed E-state index contributed by atoms with van der Waals surface area (Å²) in [7, 11) is 0. The van der Waals surface area contributed by atoms with Crippen molar-refractivity contribution in [3.8, 4) is 22.6 Å². The van der Waals surface area contributed by atoms with Crippen LogP contribution in [-0.4, -0.2) is 0 Å². The summed E-state index contributed by atoms with van der Waals surface area (Å²) < 4.78 is 12.7. The summed E-state index contributed by atoms with van der Waals surface area (Å²) >= 11 is 0. The lowest BCUT2D eigenvalue weighted by atomic mass is 10.0. The minimum absolute atomic E-state index is 0.958. The van der Waals surface area contributed by atoms with Crippen LogP contribution in [0.25, 0.3) is 44.6 Å². The third-order valence-corrected chi connectivity index (χ3v) is 5.63. The van der Waals surface area contributed by atoms with E-state index < -0.39 is 0 Å². The van der Waals surface area contributed by atoms with Crippen molar-refractivity contribution in [1.29, 1.82) is 0 Å². The highest BCUT2D eigenvalue weighted by molar-refractivity contribution is 6.11. The van der Waals surface area contributed by atoms with Crippen molar-refractivity contribution in [3.63, 3.8) is 0 Å². The van der Waals surface area contributed by atoms with E-state index >= 15 is 0 Å². The van der Waals surface area contributed by atoms with Gasteiger partial charge >= 0.3 is 0 Å². The van der Waals surface area contributed by atoms with Crippen LogP contribution in [0.1, 0.15) is 17.5 Å². The summed E-state index contributed by atoms with van der Waals surface area (Å²) in [5, 5.41) is 2.48. The minimum Gasteiger partial charge on any atom is -0.456 e. The molecule has 0 aliphatic heterocycles. The lowest BCUT2D eigenvalue weighted by Gasteiger charge is -2.03. The first-order valence-electron chi connectivity index (χ1n) is 9.51. The summed E-state index contributed by atoms with van der Waals surface area (Å²) in [4.78, 5) is 0. The first kappa shape index (κ1) is 14.9. The van der Waals surface area contributed by atoms with Crippen LogP contribution in [0, 0.1) is 0 Å². The first-order valence-corrected chi connectivity index (χ1v) is 9.51. The molecule has 0 fully saturated rings. The fraction of sp³-hybridized carbons (Fsp3) is 0.120. The average molecular weight is 350 g/mol. The molecule has 1 aliphatic rings. The van der Waals surface area contributed by atoms with Gasteiger partial charge in [-0.15, -0.1) is 0 Å². The summed E-state index contributed by atoms with van der Waals surface area (Å²) in [5.41, 5.74) is 6.85. The summed E-state index contributed by atoms with van der Waals surface area (Å²) in [5.74, 6) is 2.02. The van der Waals surface area contributed by atoms with Crippen molar-refractivity contribution in [2.45, 2.75) is 19.3 Å². The van der Waals surface area contributed by atoms with Gasteiger partial charge in [-0.05, 0) is 31.4 Å². The summed E-state index contributed by atoms with van der Waals surface area (Å²) in [6.45, 7) is 0. The van der Waals surface area contributed by atoms with E-state index in [0.717, 1.165) is 53.1 Å². The van der Waals surface area contributed by atoms with Crippen LogP contribution in [0.2, 0.25) is 0 Å². The highest BCUT2D eigenvalue weighted by Gasteiger charge is 2.26. The number of aryl methyl sites for hydroxylation is 2. The molecule has 3 aromatic carbocycles. The van der Waals surface area contributed by atoms with Crippen LogP contribution >= 0.6 is 0 Å². The Morgan fingerprint density at radius 2 is 0.963 bits per heavy atom. The Morgan fingerprint density at radius 3 is 1.41 bits per heavy atom. The third kappa shape index (κ3) is 2.13. The van der Waals surface area contributed by atoms with E-state index in [1.807, 2.05) is 12.1 Å². The number of hydrogen-bond donors (Lipinski definition) is 0. The van der Waals surface area contributed by atoms with E-state index in [2.05, 4.69) is 60.7 Å². The maximum Gasteiger partial charge on any atom is 0.138 e. The Kier molecular flexibility index (Phi) is 3.09. The quantitative estimate of drug-likeness (QED) is 0.342. The van der Waals surface area contributed by atoms with Crippen molar-refractivity contribution >= 4 is 21.9 Å². The van der Waals surface area contributed by atoms with Gasteiger partial charge in [0, 0.05) is 33.0 Å². The molecule has 1 aliphatic carbocycles. The molecule has 2 nitrogen and oxygen atoms in total. The number of benzene rings is 3. The molecule has 0 unspecified atom stereocenters. The van der Waals surface area contributed by atoms with Gasteiger partial charge in [0.1, 0.15) is 22.7 Å². The van der Waals surface area contributed by atoms with Crippen molar-refractivity contribution in [2.24, 2.45) is 0 Å². The van der Waals surface area contributed by atoms with Crippen LogP contribution in [0.15, 0.2) is 81.6 Å². The zero-order valence-electron chi connectivity index (χ0n) is 14.9.